The van der Waals surface area contributed by atoms with Crippen LogP contribution < -0.4 is 9.64 Å². The second-order valence-corrected chi connectivity index (χ2v) is 7.50. The predicted octanol–water partition coefficient (Wildman–Crippen LogP) is 5.25. The second kappa shape index (κ2) is 6.69. The molecule has 1 aromatic heterocycles. The molecule has 27 heavy (non-hydrogen) atoms. The van der Waals surface area contributed by atoms with Crippen LogP contribution in [-0.4, -0.2) is 13.0 Å². The van der Waals surface area contributed by atoms with Gasteiger partial charge in [-0.2, -0.15) is 5.26 Å². The minimum Gasteiger partial charge on any atom is -0.488 e. The third-order valence-corrected chi connectivity index (χ3v) is 5.85. The van der Waals surface area contributed by atoms with Crippen LogP contribution in [0.1, 0.15) is 20.8 Å². The maximum atomic E-state index is 13.7. The molecular weight excluding hydrogens is 387 g/mol. The van der Waals surface area contributed by atoms with E-state index < -0.39 is 0 Å². The van der Waals surface area contributed by atoms with Crippen LogP contribution in [0.25, 0.3) is 10.4 Å². The number of halogens is 2. The summed E-state index contributed by atoms with van der Waals surface area (Å²) in [6, 6.07) is 12.9. The summed E-state index contributed by atoms with van der Waals surface area (Å²) in [5.74, 6) is -0.0177. The molecule has 4 nitrogen and oxygen atoms in total. The number of fused-ring (bicyclic) bond motifs is 3. The lowest BCUT2D eigenvalue weighted by Gasteiger charge is -2.18. The fourth-order valence-electron chi connectivity index (χ4n) is 2.94. The van der Waals surface area contributed by atoms with E-state index in [1.165, 1.54) is 28.4 Å². The van der Waals surface area contributed by atoms with Gasteiger partial charge in [-0.3, -0.25) is 4.79 Å². The van der Waals surface area contributed by atoms with Gasteiger partial charge in [0.05, 0.1) is 27.2 Å². The van der Waals surface area contributed by atoms with Gasteiger partial charge in [-0.15, -0.1) is 11.3 Å². The van der Waals surface area contributed by atoms with Crippen LogP contribution in [0, 0.1) is 17.1 Å². The van der Waals surface area contributed by atoms with E-state index in [2.05, 4.69) is 0 Å². The first-order chi connectivity index (χ1) is 13.0. The summed E-state index contributed by atoms with van der Waals surface area (Å²) in [4.78, 5) is 15.7. The Morgan fingerprint density at radius 1 is 1.30 bits per heavy atom. The van der Waals surface area contributed by atoms with E-state index in [1.54, 1.807) is 37.4 Å². The summed E-state index contributed by atoms with van der Waals surface area (Å²) >= 11 is 7.49. The number of benzene rings is 2. The van der Waals surface area contributed by atoms with Crippen molar-refractivity contribution in [1.29, 1.82) is 5.26 Å². The lowest BCUT2D eigenvalue weighted by Crippen LogP contribution is -2.25. The molecule has 0 saturated carbocycles. The highest BCUT2D eigenvalue weighted by atomic mass is 35.5. The molecule has 0 N–H and O–H groups in total. The molecule has 1 aliphatic rings. The molecule has 0 saturated heterocycles. The van der Waals surface area contributed by atoms with Crippen molar-refractivity contribution in [3.8, 4) is 22.3 Å². The number of thiophene rings is 1. The molecule has 4 rings (SSSR count). The number of hydrogen-bond acceptors (Lipinski definition) is 4. The van der Waals surface area contributed by atoms with E-state index in [0.717, 1.165) is 10.4 Å². The van der Waals surface area contributed by atoms with Crippen LogP contribution in [0.2, 0.25) is 5.02 Å². The summed E-state index contributed by atoms with van der Waals surface area (Å²) in [7, 11) is 1.60. The Kier molecular flexibility index (Phi) is 4.34. The van der Waals surface area contributed by atoms with Crippen molar-refractivity contribution >= 4 is 34.5 Å². The minimum atomic E-state index is -0.358. The maximum Gasteiger partial charge on any atom is 0.268 e. The molecular formula is C20H12ClFN2O2S. The smallest absolute Gasteiger partial charge is 0.268 e. The number of hydrogen-bond donors (Lipinski definition) is 0. The summed E-state index contributed by atoms with van der Waals surface area (Å²) in [5.41, 5.74) is 2.35. The van der Waals surface area contributed by atoms with Crippen molar-refractivity contribution in [2.24, 2.45) is 0 Å². The van der Waals surface area contributed by atoms with Crippen LogP contribution in [0.3, 0.4) is 0 Å². The number of amides is 1. The van der Waals surface area contributed by atoms with Gasteiger partial charge in [-0.05, 0) is 42.5 Å². The Labute approximate surface area is 164 Å². The Bertz CT molecular complexity index is 1120. The van der Waals surface area contributed by atoms with Crippen LogP contribution in [0.15, 0.2) is 42.5 Å². The van der Waals surface area contributed by atoms with E-state index >= 15 is 0 Å². The van der Waals surface area contributed by atoms with Crippen LogP contribution >= 0.6 is 22.9 Å². The zero-order valence-electron chi connectivity index (χ0n) is 14.1. The van der Waals surface area contributed by atoms with Crippen molar-refractivity contribution < 1.29 is 13.9 Å². The lowest BCUT2D eigenvalue weighted by molar-refractivity contribution is 0.0997. The fraction of sp³-hybridized carbons (Fsp3) is 0.100. The lowest BCUT2D eigenvalue weighted by atomic mass is 10.1. The fourth-order valence-corrected chi connectivity index (χ4v) is 4.35. The molecule has 0 unspecified atom stereocenters. The number of nitriles is 1. The van der Waals surface area contributed by atoms with Crippen molar-refractivity contribution in [3.63, 3.8) is 0 Å². The maximum absolute atomic E-state index is 13.7. The van der Waals surface area contributed by atoms with Gasteiger partial charge in [-0.25, -0.2) is 4.39 Å². The van der Waals surface area contributed by atoms with Gasteiger partial charge in [0.15, 0.2) is 0 Å². The zero-order valence-corrected chi connectivity index (χ0v) is 15.7. The summed E-state index contributed by atoms with van der Waals surface area (Å²) < 4.78 is 19.3. The third kappa shape index (κ3) is 3.05. The van der Waals surface area contributed by atoms with Gasteiger partial charge in [0.2, 0.25) is 0 Å². The Morgan fingerprint density at radius 3 is 2.89 bits per heavy atom. The molecule has 0 fully saturated rings. The van der Waals surface area contributed by atoms with E-state index in [4.69, 9.17) is 21.6 Å². The molecule has 0 spiro atoms. The van der Waals surface area contributed by atoms with E-state index in [1.807, 2.05) is 6.07 Å². The summed E-state index contributed by atoms with van der Waals surface area (Å²) in [6.07, 6.45) is 0. The molecule has 1 amide bonds. The molecule has 0 aliphatic carbocycles. The molecule has 1 aliphatic heterocycles. The summed E-state index contributed by atoms with van der Waals surface area (Å²) in [5, 5.41) is 9.45. The molecule has 7 heteroatoms. The Morgan fingerprint density at radius 2 is 2.11 bits per heavy atom. The quantitative estimate of drug-likeness (QED) is 0.592. The first-order valence-electron chi connectivity index (χ1n) is 8.01. The van der Waals surface area contributed by atoms with Gasteiger partial charge in [0.1, 0.15) is 18.2 Å². The molecule has 134 valence electrons. The molecule has 3 aromatic rings. The van der Waals surface area contributed by atoms with Gasteiger partial charge in [0.25, 0.3) is 5.91 Å². The third-order valence-electron chi connectivity index (χ3n) is 4.33. The molecule has 0 atom stereocenters. The Hall–Kier alpha value is -2.88. The van der Waals surface area contributed by atoms with Crippen LogP contribution in [0.4, 0.5) is 10.1 Å². The SMILES string of the molecule is CN(C(=O)c1cc2c(s1)-c1cc(F)ccc1OC2)c1cc(C#N)ccc1Cl. The average molecular weight is 399 g/mol. The predicted molar refractivity (Wildman–Crippen MR) is 103 cm³/mol. The first kappa shape index (κ1) is 17.5. The zero-order chi connectivity index (χ0) is 19.1. The van der Waals surface area contributed by atoms with Gasteiger partial charge < -0.3 is 9.64 Å². The first-order valence-corrected chi connectivity index (χ1v) is 9.20. The van der Waals surface area contributed by atoms with E-state index in [9.17, 15) is 9.18 Å². The summed E-state index contributed by atoms with van der Waals surface area (Å²) in [6.45, 7) is 0.326. The van der Waals surface area contributed by atoms with Crippen molar-refractivity contribution in [3.05, 3.63) is 69.3 Å². The second-order valence-electron chi connectivity index (χ2n) is 6.04. The van der Waals surface area contributed by atoms with Gasteiger partial charge in [-0.1, -0.05) is 11.6 Å². The van der Waals surface area contributed by atoms with Crippen molar-refractivity contribution in [2.45, 2.75) is 6.61 Å². The van der Waals surface area contributed by atoms with Crippen molar-refractivity contribution in [2.75, 3.05) is 11.9 Å². The van der Waals surface area contributed by atoms with Gasteiger partial charge >= 0.3 is 0 Å². The van der Waals surface area contributed by atoms with Crippen LogP contribution in [-0.2, 0) is 6.61 Å². The topological polar surface area (TPSA) is 53.3 Å². The number of nitrogens with zero attached hydrogens (tertiary/aromatic N) is 2. The van der Waals surface area contributed by atoms with Crippen LogP contribution in [0.5, 0.6) is 5.75 Å². The highest BCUT2D eigenvalue weighted by Crippen LogP contribution is 2.43. The molecule has 0 radical (unpaired) electrons. The molecule has 2 aromatic carbocycles. The number of carbonyl (C=O) groups excluding carboxylic acids is 1. The molecule has 0 bridgehead atoms. The number of rotatable bonds is 2. The van der Waals surface area contributed by atoms with Gasteiger partial charge in [0, 0.05) is 23.1 Å². The number of carbonyl (C=O) groups is 1. The number of anilines is 1. The van der Waals surface area contributed by atoms with E-state index in [0.29, 0.717) is 39.1 Å². The largest absolute Gasteiger partial charge is 0.488 e. The normalized spacial score (nSPS) is 11.8. The highest BCUT2D eigenvalue weighted by molar-refractivity contribution is 7.17. The highest BCUT2D eigenvalue weighted by Gasteiger charge is 2.25. The van der Waals surface area contributed by atoms with Crippen molar-refractivity contribution in [1.82, 2.24) is 0 Å². The standard InChI is InChI=1S/C20H12ClFN2O2S/c1-24(16-6-11(9-23)2-4-15(16)21)20(25)18-7-12-10-26-17-5-3-13(22)8-14(17)19(12)27-18/h2-8H,10H2,1H3. The number of ether oxygens (including phenoxy) is 1. The Balaban J connectivity index is 1.72. The monoisotopic (exact) mass is 398 g/mol. The minimum absolute atomic E-state index is 0.260. The average Bonchev–Trinajstić information content (AvgIpc) is 3.12. The molecule has 2 heterocycles. The van der Waals surface area contributed by atoms with E-state index in [-0.39, 0.29) is 11.7 Å².